The molecule has 0 radical (unpaired) electrons. The van der Waals surface area contributed by atoms with Gasteiger partial charge in [0.25, 0.3) is 5.91 Å². The van der Waals surface area contributed by atoms with Gasteiger partial charge in [-0.25, -0.2) is 19.3 Å². The zero-order chi connectivity index (χ0) is 25.2. The van der Waals surface area contributed by atoms with Crippen LogP contribution in [0.25, 0.3) is 11.4 Å². The summed E-state index contributed by atoms with van der Waals surface area (Å²) in [5, 5.41) is 3.06. The summed E-state index contributed by atoms with van der Waals surface area (Å²) in [5.74, 6) is -0.365. The predicted octanol–water partition coefficient (Wildman–Crippen LogP) is 5.36. The fourth-order valence-electron chi connectivity index (χ4n) is 4.35. The van der Waals surface area contributed by atoms with Crippen LogP contribution in [0.1, 0.15) is 41.3 Å². The Labute approximate surface area is 200 Å². The maximum Gasteiger partial charge on any atom is 0.417 e. The fourth-order valence-corrected chi connectivity index (χ4v) is 4.35. The van der Waals surface area contributed by atoms with Crippen molar-refractivity contribution in [3.05, 3.63) is 71.4 Å². The lowest BCUT2D eigenvalue weighted by Gasteiger charge is -2.40. The highest BCUT2D eigenvalue weighted by Crippen LogP contribution is 2.32. The first kappa shape index (κ1) is 24.6. The van der Waals surface area contributed by atoms with Crippen LogP contribution in [0.15, 0.2) is 48.9 Å². The van der Waals surface area contributed by atoms with Gasteiger partial charge in [0.05, 0.1) is 22.7 Å². The van der Waals surface area contributed by atoms with Crippen LogP contribution in [0.3, 0.4) is 0 Å². The Balaban J connectivity index is 1.60. The van der Waals surface area contributed by atoms with Crippen molar-refractivity contribution in [3.8, 4) is 11.4 Å². The first-order chi connectivity index (χ1) is 16.7. The summed E-state index contributed by atoms with van der Waals surface area (Å²) in [5.41, 5.74) is -0.221. The van der Waals surface area contributed by atoms with E-state index in [1.165, 1.54) is 18.5 Å². The number of nitrogens with one attached hydrogen (secondary N) is 1. The van der Waals surface area contributed by atoms with E-state index < -0.39 is 17.6 Å². The normalized spacial score (nSPS) is 18.4. The molecular weight excluding hydrogens is 462 g/mol. The Hall–Kier alpha value is -3.56. The Kier molecular flexibility index (Phi) is 7.00. The number of rotatable bonds is 5. The fraction of sp³-hybridized carbons (Fsp3) is 0.360. The van der Waals surface area contributed by atoms with Gasteiger partial charge in [0.15, 0.2) is 5.82 Å². The molecular formula is C25H25F4N5O. The SMILES string of the molecule is Cc1ccc(C(=O)N2CCC[C@@H](C)[C@H]2CNc2ccc(C(F)(F)F)cn2)c(-c2ncccn2)c1F. The summed E-state index contributed by atoms with van der Waals surface area (Å²) in [6.07, 6.45) is 0.962. The molecule has 1 fully saturated rings. The van der Waals surface area contributed by atoms with E-state index in [1.54, 1.807) is 30.0 Å². The molecule has 35 heavy (non-hydrogen) atoms. The number of anilines is 1. The van der Waals surface area contributed by atoms with E-state index in [-0.39, 0.29) is 47.2 Å². The average Bonchev–Trinajstić information content (AvgIpc) is 2.84. The van der Waals surface area contributed by atoms with Crippen molar-refractivity contribution in [1.82, 2.24) is 19.9 Å². The Morgan fingerprint density at radius 3 is 2.54 bits per heavy atom. The number of hydrogen-bond acceptors (Lipinski definition) is 5. The van der Waals surface area contributed by atoms with Crippen LogP contribution >= 0.6 is 0 Å². The topological polar surface area (TPSA) is 71.0 Å². The quantitative estimate of drug-likeness (QED) is 0.491. The molecule has 0 aliphatic carbocycles. The lowest BCUT2D eigenvalue weighted by Crippen LogP contribution is -2.51. The number of benzene rings is 1. The van der Waals surface area contributed by atoms with E-state index >= 15 is 4.39 Å². The molecule has 1 aliphatic rings. The summed E-state index contributed by atoms with van der Waals surface area (Å²) in [6.45, 7) is 4.39. The van der Waals surface area contributed by atoms with Crippen LogP contribution in [0.4, 0.5) is 23.4 Å². The molecule has 1 N–H and O–H groups in total. The molecule has 0 unspecified atom stereocenters. The summed E-state index contributed by atoms with van der Waals surface area (Å²) < 4.78 is 53.6. The van der Waals surface area contributed by atoms with Gasteiger partial charge in [0.2, 0.25) is 0 Å². The van der Waals surface area contributed by atoms with Gasteiger partial charge in [0, 0.05) is 31.7 Å². The third-order valence-corrected chi connectivity index (χ3v) is 6.31. The summed E-state index contributed by atoms with van der Waals surface area (Å²) in [6, 6.07) is 6.72. The summed E-state index contributed by atoms with van der Waals surface area (Å²) in [4.78, 5) is 27.6. The van der Waals surface area contributed by atoms with Gasteiger partial charge in [0.1, 0.15) is 11.6 Å². The van der Waals surface area contributed by atoms with E-state index in [1.807, 2.05) is 6.92 Å². The van der Waals surface area contributed by atoms with E-state index in [0.29, 0.717) is 12.1 Å². The van der Waals surface area contributed by atoms with E-state index in [9.17, 15) is 18.0 Å². The Morgan fingerprint density at radius 1 is 1.14 bits per heavy atom. The second-order valence-corrected chi connectivity index (χ2v) is 8.69. The summed E-state index contributed by atoms with van der Waals surface area (Å²) in [7, 11) is 0. The zero-order valence-corrected chi connectivity index (χ0v) is 19.3. The highest BCUT2D eigenvalue weighted by atomic mass is 19.4. The molecule has 1 aliphatic heterocycles. The number of halogens is 4. The van der Waals surface area contributed by atoms with Crippen molar-refractivity contribution in [3.63, 3.8) is 0 Å². The Bertz CT molecular complexity index is 1180. The van der Waals surface area contributed by atoms with E-state index in [0.717, 1.165) is 25.1 Å². The smallest absolute Gasteiger partial charge is 0.368 e. The van der Waals surface area contributed by atoms with Gasteiger partial charge in [-0.05, 0) is 55.5 Å². The number of aryl methyl sites for hydroxylation is 1. The van der Waals surface area contributed by atoms with Crippen LogP contribution < -0.4 is 5.32 Å². The number of piperidine rings is 1. The molecule has 4 rings (SSSR count). The van der Waals surface area contributed by atoms with E-state index in [2.05, 4.69) is 20.3 Å². The lowest BCUT2D eigenvalue weighted by molar-refractivity contribution is -0.137. The molecule has 1 saturated heterocycles. The second kappa shape index (κ2) is 9.97. The largest absolute Gasteiger partial charge is 0.417 e. The molecule has 0 bridgehead atoms. The van der Waals surface area contributed by atoms with Crippen LogP contribution in [-0.4, -0.2) is 44.9 Å². The molecule has 3 heterocycles. The zero-order valence-electron chi connectivity index (χ0n) is 19.3. The molecule has 184 valence electrons. The van der Waals surface area contributed by atoms with Gasteiger partial charge in [-0.1, -0.05) is 13.0 Å². The molecule has 2 aromatic heterocycles. The number of carbonyl (C=O) groups is 1. The minimum absolute atomic E-state index is 0.0601. The van der Waals surface area contributed by atoms with Crippen molar-refractivity contribution < 1.29 is 22.4 Å². The number of aromatic nitrogens is 3. The molecule has 1 amide bonds. The molecule has 0 saturated carbocycles. The standard InChI is InChI=1S/C25H25F4N5O/c1-15-5-3-12-34(19(15)14-33-20-9-7-17(13-32-20)25(27,28)29)24(35)18-8-6-16(2)22(26)21(18)23-30-10-4-11-31-23/h4,6-11,13,15,19H,3,5,12,14H2,1-2H3,(H,32,33)/t15-,19-/m1/s1. The number of pyridine rings is 1. The van der Waals surface area contributed by atoms with Crippen molar-refractivity contribution in [2.24, 2.45) is 5.92 Å². The minimum atomic E-state index is -4.46. The molecule has 1 aromatic carbocycles. The number of nitrogens with zero attached hydrogens (tertiary/aromatic N) is 4. The predicted molar refractivity (Wildman–Crippen MR) is 123 cm³/mol. The van der Waals surface area contributed by atoms with Crippen molar-refractivity contribution in [2.75, 3.05) is 18.4 Å². The van der Waals surface area contributed by atoms with Crippen LogP contribution in [0.2, 0.25) is 0 Å². The maximum absolute atomic E-state index is 15.2. The lowest BCUT2D eigenvalue weighted by atomic mass is 9.89. The van der Waals surface area contributed by atoms with Crippen LogP contribution in [0, 0.1) is 18.7 Å². The third kappa shape index (κ3) is 5.26. The van der Waals surface area contributed by atoms with Crippen LogP contribution in [-0.2, 0) is 6.18 Å². The van der Waals surface area contributed by atoms with Gasteiger partial charge < -0.3 is 10.2 Å². The van der Waals surface area contributed by atoms with Crippen LogP contribution in [0.5, 0.6) is 0 Å². The van der Waals surface area contributed by atoms with Gasteiger partial charge in [-0.3, -0.25) is 4.79 Å². The van der Waals surface area contributed by atoms with Crippen molar-refractivity contribution >= 4 is 11.7 Å². The number of likely N-dealkylation sites (tertiary alicyclic amines) is 1. The highest BCUT2D eigenvalue weighted by Gasteiger charge is 2.35. The Morgan fingerprint density at radius 2 is 1.89 bits per heavy atom. The van der Waals surface area contributed by atoms with Crippen molar-refractivity contribution in [1.29, 1.82) is 0 Å². The second-order valence-electron chi connectivity index (χ2n) is 8.69. The number of hydrogen-bond donors (Lipinski definition) is 1. The van der Waals surface area contributed by atoms with E-state index in [4.69, 9.17) is 0 Å². The minimum Gasteiger partial charge on any atom is -0.368 e. The molecule has 0 spiro atoms. The number of amides is 1. The molecule has 3 aromatic rings. The average molecular weight is 488 g/mol. The maximum atomic E-state index is 15.2. The van der Waals surface area contributed by atoms with Gasteiger partial charge in [-0.15, -0.1) is 0 Å². The first-order valence-electron chi connectivity index (χ1n) is 11.3. The molecule has 2 atom stereocenters. The highest BCUT2D eigenvalue weighted by molar-refractivity contribution is 6.00. The third-order valence-electron chi connectivity index (χ3n) is 6.31. The van der Waals surface area contributed by atoms with Gasteiger partial charge >= 0.3 is 6.18 Å². The first-order valence-corrected chi connectivity index (χ1v) is 11.3. The molecule has 10 heteroatoms. The van der Waals surface area contributed by atoms with Crippen molar-refractivity contribution in [2.45, 2.75) is 38.9 Å². The summed E-state index contributed by atoms with van der Waals surface area (Å²) >= 11 is 0. The monoisotopic (exact) mass is 487 g/mol. The molecule has 6 nitrogen and oxygen atoms in total. The number of carbonyl (C=O) groups excluding carboxylic acids is 1. The van der Waals surface area contributed by atoms with Gasteiger partial charge in [-0.2, -0.15) is 13.2 Å². The number of alkyl halides is 3.